The van der Waals surface area contributed by atoms with Crippen molar-refractivity contribution in [3.63, 3.8) is 0 Å². The smallest absolute Gasteiger partial charge is 0.323 e. The van der Waals surface area contributed by atoms with Crippen molar-refractivity contribution in [3.8, 4) is 11.5 Å². The molecule has 0 bridgehead atoms. The van der Waals surface area contributed by atoms with Crippen molar-refractivity contribution in [2.45, 2.75) is 23.6 Å². The molecule has 0 amide bonds. The van der Waals surface area contributed by atoms with Crippen LogP contribution in [-0.2, 0) is 0 Å². The van der Waals surface area contributed by atoms with E-state index in [9.17, 15) is 17.6 Å². The van der Waals surface area contributed by atoms with Crippen LogP contribution in [0.2, 0.25) is 0 Å². The predicted molar refractivity (Wildman–Crippen MR) is 64.7 cm³/mol. The lowest BCUT2D eigenvalue weighted by Crippen LogP contribution is -2.31. The molecule has 0 saturated heterocycles. The van der Waals surface area contributed by atoms with Crippen molar-refractivity contribution in [1.29, 1.82) is 0 Å². The summed E-state index contributed by atoms with van der Waals surface area (Å²) in [7, 11) is 0. The molecule has 0 radical (unpaired) electrons. The van der Waals surface area contributed by atoms with Gasteiger partial charge >= 0.3 is 12.3 Å². The quantitative estimate of drug-likeness (QED) is 0.605. The van der Waals surface area contributed by atoms with Crippen LogP contribution in [-0.4, -0.2) is 25.6 Å². The standard InChI is InChI=1S/C12H11BrF4O2/c13-10(12(16,17)11(14)15)7-2-3-8-9(6-7)19-5-1-4-18-8/h2-3,6,10-11H,1,4-5H2. The van der Waals surface area contributed by atoms with Gasteiger partial charge < -0.3 is 9.47 Å². The Hall–Kier alpha value is -0.980. The van der Waals surface area contributed by atoms with Gasteiger partial charge in [-0.05, 0) is 17.7 Å². The molecule has 19 heavy (non-hydrogen) atoms. The summed E-state index contributed by atoms with van der Waals surface area (Å²) in [6.45, 7) is 0.867. The number of rotatable bonds is 3. The van der Waals surface area contributed by atoms with Crippen LogP contribution in [0, 0.1) is 0 Å². The molecule has 1 aliphatic rings. The van der Waals surface area contributed by atoms with Crippen LogP contribution >= 0.6 is 15.9 Å². The summed E-state index contributed by atoms with van der Waals surface area (Å²) in [5.41, 5.74) is 0.0227. The van der Waals surface area contributed by atoms with Crippen molar-refractivity contribution in [3.05, 3.63) is 23.8 Å². The van der Waals surface area contributed by atoms with Crippen molar-refractivity contribution in [2.75, 3.05) is 13.2 Å². The van der Waals surface area contributed by atoms with E-state index in [0.717, 1.165) is 0 Å². The minimum absolute atomic E-state index is 0.0227. The topological polar surface area (TPSA) is 18.5 Å². The molecule has 1 aliphatic heterocycles. The molecule has 0 aromatic heterocycles. The third-order valence-electron chi connectivity index (χ3n) is 2.69. The van der Waals surface area contributed by atoms with Gasteiger partial charge in [0.05, 0.1) is 13.2 Å². The van der Waals surface area contributed by atoms with Gasteiger partial charge in [-0.2, -0.15) is 8.78 Å². The largest absolute Gasteiger partial charge is 0.490 e. The molecule has 2 nitrogen and oxygen atoms in total. The molecule has 1 aromatic rings. The average molecular weight is 343 g/mol. The number of fused-ring (bicyclic) bond motifs is 1. The fourth-order valence-corrected chi connectivity index (χ4v) is 2.15. The summed E-state index contributed by atoms with van der Waals surface area (Å²) in [5, 5.41) is 0. The summed E-state index contributed by atoms with van der Waals surface area (Å²) >= 11 is 2.63. The van der Waals surface area contributed by atoms with Gasteiger partial charge in [0.2, 0.25) is 0 Å². The Morgan fingerprint density at radius 3 is 2.37 bits per heavy atom. The van der Waals surface area contributed by atoms with Crippen molar-refractivity contribution < 1.29 is 27.0 Å². The third kappa shape index (κ3) is 2.96. The lowest BCUT2D eigenvalue weighted by molar-refractivity contribution is -0.127. The van der Waals surface area contributed by atoms with Crippen LogP contribution in [0.4, 0.5) is 17.6 Å². The predicted octanol–water partition coefficient (Wildman–Crippen LogP) is 4.18. The highest BCUT2D eigenvalue weighted by Crippen LogP contribution is 2.44. The Balaban J connectivity index is 2.29. The Morgan fingerprint density at radius 1 is 1.11 bits per heavy atom. The molecular weight excluding hydrogens is 332 g/mol. The van der Waals surface area contributed by atoms with Crippen LogP contribution in [0.25, 0.3) is 0 Å². The molecule has 0 N–H and O–H groups in total. The Kier molecular flexibility index (Phi) is 4.23. The minimum Gasteiger partial charge on any atom is -0.490 e. The Bertz CT molecular complexity index is 453. The zero-order chi connectivity index (χ0) is 14.0. The maximum Gasteiger partial charge on any atom is 0.323 e. The monoisotopic (exact) mass is 342 g/mol. The van der Waals surface area contributed by atoms with E-state index in [4.69, 9.17) is 9.47 Å². The van der Waals surface area contributed by atoms with Gasteiger partial charge in [0.25, 0.3) is 0 Å². The minimum atomic E-state index is -4.15. The van der Waals surface area contributed by atoms with Crippen LogP contribution < -0.4 is 9.47 Å². The van der Waals surface area contributed by atoms with Crippen molar-refractivity contribution in [2.24, 2.45) is 0 Å². The van der Waals surface area contributed by atoms with Crippen molar-refractivity contribution >= 4 is 15.9 Å². The Labute approximate surface area is 115 Å². The molecular formula is C12H11BrF4O2. The van der Waals surface area contributed by atoms with Gasteiger partial charge in [-0.1, -0.05) is 22.0 Å². The summed E-state index contributed by atoms with van der Waals surface area (Å²) < 4.78 is 61.8. The highest BCUT2D eigenvalue weighted by molar-refractivity contribution is 9.09. The molecule has 0 fully saturated rings. The molecule has 1 aromatic carbocycles. The van der Waals surface area contributed by atoms with E-state index in [1.165, 1.54) is 18.2 Å². The number of hydrogen-bond acceptors (Lipinski definition) is 2. The average Bonchev–Trinajstić information content (AvgIpc) is 2.61. The zero-order valence-corrected chi connectivity index (χ0v) is 11.3. The van der Waals surface area contributed by atoms with Crippen LogP contribution in [0.1, 0.15) is 16.8 Å². The first-order valence-electron chi connectivity index (χ1n) is 5.62. The van der Waals surface area contributed by atoms with Crippen LogP contribution in [0.3, 0.4) is 0 Å². The van der Waals surface area contributed by atoms with Crippen LogP contribution in [0.15, 0.2) is 18.2 Å². The number of benzene rings is 1. The van der Waals surface area contributed by atoms with E-state index in [1.807, 2.05) is 0 Å². The van der Waals surface area contributed by atoms with Gasteiger partial charge in [0.1, 0.15) is 4.83 Å². The second kappa shape index (κ2) is 5.56. The zero-order valence-electron chi connectivity index (χ0n) is 9.71. The normalized spacial score (nSPS) is 17.2. The number of ether oxygens (including phenoxy) is 2. The fourth-order valence-electron chi connectivity index (χ4n) is 1.67. The summed E-state index contributed by atoms with van der Waals surface area (Å²) in [6, 6.07) is 4.07. The van der Waals surface area contributed by atoms with Gasteiger partial charge in [0, 0.05) is 6.42 Å². The first kappa shape index (κ1) is 14.4. The third-order valence-corrected chi connectivity index (χ3v) is 3.83. The van der Waals surface area contributed by atoms with Crippen LogP contribution in [0.5, 0.6) is 11.5 Å². The van der Waals surface area contributed by atoms with E-state index in [-0.39, 0.29) is 5.56 Å². The summed E-state index contributed by atoms with van der Waals surface area (Å²) in [5.74, 6) is -3.43. The lowest BCUT2D eigenvalue weighted by atomic mass is 10.1. The van der Waals surface area contributed by atoms with E-state index in [1.54, 1.807) is 0 Å². The molecule has 106 valence electrons. The van der Waals surface area contributed by atoms with Gasteiger partial charge in [-0.3, -0.25) is 0 Å². The second-order valence-corrected chi connectivity index (χ2v) is 5.01. The Morgan fingerprint density at radius 2 is 1.74 bits per heavy atom. The molecule has 0 saturated carbocycles. The van der Waals surface area contributed by atoms with Crippen molar-refractivity contribution in [1.82, 2.24) is 0 Å². The summed E-state index contributed by atoms with van der Waals surface area (Å²) in [6.07, 6.45) is -3.07. The number of hydrogen-bond donors (Lipinski definition) is 0. The molecule has 1 atom stereocenters. The summed E-state index contributed by atoms with van der Waals surface area (Å²) in [4.78, 5) is -1.78. The molecule has 0 aliphatic carbocycles. The first-order chi connectivity index (χ1) is 8.93. The molecule has 1 heterocycles. The van der Waals surface area contributed by atoms with Gasteiger partial charge in [-0.25, -0.2) is 8.78 Å². The highest BCUT2D eigenvalue weighted by atomic mass is 79.9. The number of alkyl halides is 5. The maximum absolute atomic E-state index is 13.3. The van der Waals surface area contributed by atoms with Gasteiger partial charge in [0.15, 0.2) is 11.5 Å². The molecule has 0 spiro atoms. The molecule has 7 heteroatoms. The number of halogens is 5. The fraction of sp³-hybridized carbons (Fsp3) is 0.500. The van der Waals surface area contributed by atoms with E-state index in [2.05, 4.69) is 15.9 Å². The molecule has 1 unspecified atom stereocenters. The maximum atomic E-state index is 13.3. The first-order valence-corrected chi connectivity index (χ1v) is 6.54. The van der Waals surface area contributed by atoms with E-state index < -0.39 is 17.2 Å². The highest BCUT2D eigenvalue weighted by Gasteiger charge is 2.48. The van der Waals surface area contributed by atoms with Gasteiger partial charge in [-0.15, -0.1) is 0 Å². The van der Waals surface area contributed by atoms with E-state index in [0.29, 0.717) is 31.1 Å². The molecule has 2 rings (SSSR count). The lowest BCUT2D eigenvalue weighted by Gasteiger charge is -2.22. The van der Waals surface area contributed by atoms with E-state index >= 15 is 0 Å². The second-order valence-electron chi connectivity index (χ2n) is 4.09. The SMILES string of the molecule is FC(F)C(F)(F)C(Br)c1ccc2c(c1)OCCCO2.